The van der Waals surface area contributed by atoms with E-state index in [-0.39, 0.29) is 5.56 Å². The molecule has 0 saturated carbocycles. The van der Waals surface area contributed by atoms with Crippen molar-refractivity contribution < 1.29 is 0 Å². The van der Waals surface area contributed by atoms with Crippen LogP contribution in [0.4, 0.5) is 11.6 Å². The average molecular weight is 374 g/mol. The van der Waals surface area contributed by atoms with Gasteiger partial charge in [0.15, 0.2) is 6.17 Å². The van der Waals surface area contributed by atoms with E-state index in [4.69, 9.17) is 4.99 Å². The zero-order chi connectivity index (χ0) is 19.7. The Hall–Kier alpha value is -3.48. The van der Waals surface area contributed by atoms with Gasteiger partial charge in [0.25, 0.3) is 5.56 Å². The van der Waals surface area contributed by atoms with Gasteiger partial charge in [0.05, 0.1) is 0 Å². The third-order valence-corrected chi connectivity index (χ3v) is 4.63. The van der Waals surface area contributed by atoms with Crippen LogP contribution in [0, 0.1) is 6.92 Å². The molecule has 4 rings (SSSR count). The fourth-order valence-corrected chi connectivity index (χ4v) is 3.15. The van der Waals surface area contributed by atoms with Crippen LogP contribution in [0.3, 0.4) is 0 Å². The molecule has 0 bridgehead atoms. The Morgan fingerprint density at radius 3 is 2.64 bits per heavy atom. The molecule has 3 aromatic rings. The number of hydrogen-bond donors (Lipinski definition) is 2. The number of aliphatic imine (C=N–C) groups is 1. The van der Waals surface area contributed by atoms with E-state index in [0.717, 1.165) is 11.3 Å². The molecule has 0 spiro atoms. The number of rotatable bonds is 3. The smallest absolute Gasteiger partial charge is 0.257 e. The highest BCUT2D eigenvalue weighted by molar-refractivity contribution is 6.03. The standard InChI is InChI=1S/C21H22N6O/c1-13(2)15-6-8-17(9-7-15)24-20-25-19(16-5-4-10-22-12-16)27-18(28)11-14(3)23-21(27)26-20/h4-13,19H,1-3H3,(H2,23,24,25,26)/t19-/m1/s1. The van der Waals surface area contributed by atoms with Gasteiger partial charge in [0.2, 0.25) is 11.9 Å². The first-order valence-corrected chi connectivity index (χ1v) is 9.23. The minimum atomic E-state index is -0.539. The Labute approximate surface area is 163 Å². The summed E-state index contributed by atoms with van der Waals surface area (Å²) in [6, 6.07) is 13.5. The van der Waals surface area contributed by atoms with Crippen LogP contribution >= 0.6 is 0 Å². The summed E-state index contributed by atoms with van der Waals surface area (Å²) >= 11 is 0. The van der Waals surface area contributed by atoms with Crippen molar-refractivity contribution in [2.45, 2.75) is 32.9 Å². The minimum absolute atomic E-state index is 0.159. The van der Waals surface area contributed by atoms with Crippen molar-refractivity contribution >= 4 is 17.6 Å². The molecule has 3 heterocycles. The second kappa shape index (κ2) is 7.26. The molecule has 1 atom stereocenters. The van der Waals surface area contributed by atoms with E-state index in [1.54, 1.807) is 19.3 Å². The summed E-state index contributed by atoms with van der Waals surface area (Å²) in [4.78, 5) is 26.0. The van der Waals surface area contributed by atoms with E-state index in [1.807, 2.05) is 24.3 Å². The number of nitrogens with one attached hydrogen (secondary N) is 2. The van der Waals surface area contributed by atoms with Gasteiger partial charge in [-0.15, -0.1) is 0 Å². The summed E-state index contributed by atoms with van der Waals surface area (Å²) < 4.78 is 1.54. The van der Waals surface area contributed by atoms with Gasteiger partial charge in [0.1, 0.15) is 0 Å². The van der Waals surface area contributed by atoms with Gasteiger partial charge in [-0.05, 0) is 36.6 Å². The number of aromatic nitrogens is 3. The highest BCUT2D eigenvalue weighted by atomic mass is 16.1. The normalized spacial score (nSPS) is 15.6. The average Bonchev–Trinajstić information content (AvgIpc) is 2.68. The van der Waals surface area contributed by atoms with E-state index < -0.39 is 6.17 Å². The third kappa shape index (κ3) is 3.51. The first kappa shape index (κ1) is 17.9. The van der Waals surface area contributed by atoms with Crippen LogP contribution in [-0.2, 0) is 0 Å². The Balaban J connectivity index is 1.72. The lowest BCUT2D eigenvalue weighted by Gasteiger charge is -2.26. The maximum atomic E-state index is 12.6. The summed E-state index contributed by atoms with van der Waals surface area (Å²) in [7, 11) is 0. The summed E-state index contributed by atoms with van der Waals surface area (Å²) in [5.74, 6) is 1.46. The van der Waals surface area contributed by atoms with Crippen molar-refractivity contribution in [1.29, 1.82) is 0 Å². The number of nitrogens with zero attached hydrogens (tertiary/aromatic N) is 4. The molecule has 1 aliphatic rings. The molecule has 2 N–H and O–H groups in total. The molecule has 28 heavy (non-hydrogen) atoms. The van der Waals surface area contributed by atoms with E-state index in [2.05, 4.69) is 46.6 Å². The molecule has 142 valence electrons. The predicted octanol–water partition coefficient (Wildman–Crippen LogP) is 3.51. The maximum Gasteiger partial charge on any atom is 0.257 e. The number of hydrogen-bond acceptors (Lipinski definition) is 6. The molecule has 1 aromatic carbocycles. The van der Waals surface area contributed by atoms with Crippen LogP contribution in [0.1, 0.15) is 42.8 Å². The second-order valence-corrected chi connectivity index (χ2v) is 7.09. The lowest BCUT2D eigenvalue weighted by Crippen LogP contribution is -2.37. The molecule has 0 radical (unpaired) electrons. The number of anilines is 2. The van der Waals surface area contributed by atoms with Crippen molar-refractivity contribution in [3.8, 4) is 0 Å². The zero-order valence-corrected chi connectivity index (χ0v) is 16.0. The lowest BCUT2D eigenvalue weighted by molar-refractivity contribution is 0.575. The number of guanidine groups is 1. The zero-order valence-electron chi connectivity index (χ0n) is 16.0. The Bertz CT molecular complexity index is 1070. The van der Waals surface area contributed by atoms with Crippen LogP contribution in [0.25, 0.3) is 0 Å². The van der Waals surface area contributed by atoms with Gasteiger partial charge < -0.3 is 5.32 Å². The van der Waals surface area contributed by atoms with E-state index >= 15 is 0 Å². The van der Waals surface area contributed by atoms with Gasteiger partial charge in [-0.3, -0.25) is 19.7 Å². The third-order valence-electron chi connectivity index (χ3n) is 4.63. The molecule has 1 aliphatic heterocycles. The molecule has 0 aliphatic carbocycles. The molecule has 0 unspecified atom stereocenters. The number of pyridine rings is 1. The van der Waals surface area contributed by atoms with E-state index in [9.17, 15) is 4.79 Å². The Morgan fingerprint density at radius 1 is 1.18 bits per heavy atom. The van der Waals surface area contributed by atoms with Crippen LogP contribution in [0.2, 0.25) is 0 Å². The molecule has 2 aromatic heterocycles. The monoisotopic (exact) mass is 374 g/mol. The molecule has 0 fully saturated rings. The van der Waals surface area contributed by atoms with Crippen molar-refractivity contribution in [2.24, 2.45) is 4.99 Å². The van der Waals surface area contributed by atoms with Crippen LogP contribution in [0.15, 0.2) is 64.6 Å². The summed E-state index contributed by atoms with van der Waals surface area (Å²) in [5.41, 5.74) is 3.48. The molecular formula is C21H22N6O. The maximum absolute atomic E-state index is 12.6. The lowest BCUT2D eigenvalue weighted by atomic mass is 10.0. The second-order valence-electron chi connectivity index (χ2n) is 7.09. The fourth-order valence-electron chi connectivity index (χ4n) is 3.15. The van der Waals surface area contributed by atoms with Crippen LogP contribution < -0.4 is 16.2 Å². The largest absolute Gasteiger partial charge is 0.326 e. The van der Waals surface area contributed by atoms with Crippen LogP contribution in [-0.4, -0.2) is 20.5 Å². The summed E-state index contributed by atoms with van der Waals surface area (Å²) in [5, 5.41) is 6.42. The fraction of sp³-hybridized carbons (Fsp3) is 0.238. The Kier molecular flexibility index (Phi) is 4.65. The Morgan fingerprint density at radius 2 is 1.96 bits per heavy atom. The SMILES string of the molecule is Cc1cc(=O)n2c(n1)NC(Nc1ccc(C(C)C)cc1)=N[C@H]2c1cccnc1. The van der Waals surface area contributed by atoms with Gasteiger partial charge in [-0.25, -0.2) is 9.98 Å². The predicted molar refractivity (Wildman–Crippen MR) is 111 cm³/mol. The summed E-state index contributed by atoms with van der Waals surface area (Å²) in [6.45, 7) is 6.12. The molecular weight excluding hydrogens is 352 g/mol. The van der Waals surface area contributed by atoms with Crippen molar-refractivity contribution in [1.82, 2.24) is 14.5 Å². The quantitative estimate of drug-likeness (QED) is 0.733. The van der Waals surface area contributed by atoms with Crippen LogP contribution in [0.5, 0.6) is 0 Å². The van der Waals surface area contributed by atoms with Gasteiger partial charge in [-0.2, -0.15) is 0 Å². The minimum Gasteiger partial charge on any atom is -0.326 e. The number of benzene rings is 1. The highest BCUT2D eigenvalue weighted by Crippen LogP contribution is 2.25. The summed E-state index contributed by atoms with van der Waals surface area (Å²) in [6.07, 6.45) is 2.87. The number of fused-ring (bicyclic) bond motifs is 1. The first-order chi connectivity index (χ1) is 13.5. The number of aryl methyl sites for hydroxylation is 1. The van der Waals surface area contributed by atoms with Crippen molar-refractivity contribution in [3.05, 3.63) is 82.0 Å². The first-order valence-electron chi connectivity index (χ1n) is 9.23. The van der Waals surface area contributed by atoms with Gasteiger partial charge >= 0.3 is 0 Å². The van der Waals surface area contributed by atoms with E-state index in [0.29, 0.717) is 23.5 Å². The van der Waals surface area contributed by atoms with Crippen molar-refractivity contribution in [2.75, 3.05) is 10.6 Å². The topological polar surface area (TPSA) is 84.2 Å². The molecule has 7 nitrogen and oxygen atoms in total. The van der Waals surface area contributed by atoms with Gasteiger partial charge in [-0.1, -0.05) is 32.0 Å². The van der Waals surface area contributed by atoms with E-state index in [1.165, 1.54) is 16.2 Å². The van der Waals surface area contributed by atoms with Crippen molar-refractivity contribution in [3.63, 3.8) is 0 Å². The van der Waals surface area contributed by atoms with Gasteiger partial charge in [0, 0.05) is 35.4 Å². The molecule has 7 heteroatoms. The highest BCUT2D eigenvalue weighted by Gasteiger charge is 2.25. The molecule has 0 amide bonds. The molecule has 0 saturated heterocycles.